The van der Waals surface area contributed by atoms with Crippen molar-refractivity contribution in [1.82, 2.24) is 15.2 Å². The van der Waals surface area contributed by atoms with E-state index in [9.17, 15) is 14.4 Å². The number of amides is 3. The molecule has 1 N–H and O–H groups in total. The molecule has 28 heavy (non-hydrogen) atoms. The maximum absolute atomic E-state index is 12.6. The second-order valence-corrected chi connectivity index (χ2v) is 8.19. The van der Waals surface area contributed by atoms with Crippen molar-refractivity contribution < 1.29 is 14.4 Å². The first kappa shape index (κ1) is 18.9. The topological polar surface area (TPSA) is 79.4 Å². The Morgan fingerprint density at radius 3 is 2.36 bits per heavy atom. The average molecular weight is 434 g/mol. The van der Waals surface area contributed by atoms with Crippen LogP contribution >= 0.6 is 34.5 Å². The minimum absolute atomic E-state index is 0.144. The van der Waals surface area contributed by atoms with E-state index < -0.39 is 23.8 Å². The standard InChI is InChI=1S/C19H13Cl2N3O3S/c1-9(17(25)22-8-16-23-14-4-2-3-5-15(14)28-16)24-18(26)10-6-12(20)13(21)7-11(10)19(24)27/h2-7,9H,8H2,1H3,(H,22,25). The first-order valence-corrected chi connectivity index (χ1v) is 9.93. The molecule has 1 aliphatic rings. The molecular formula is C19H13Cl2N3O3S. The summed E-state index contributed by atoms with van der Waals surface area (Å²) in [6.07, 6.45) is 0. The average Bonchev–Trinajstić information content (AvgIpc) is 3.19. The lowest BCUT2D eigenvalue weighted by Gasteiger charge is -2.21. The number of hydrogen-bond donors (Lipinski definition) is 1. The van der Waals surface area contributed by atoms with E-state index in [2.05, 4.69) is 10.3 Å². The summed E-state index contributed by atoms with van der Waals surface area (Å²) in [6, 6.07) is 9.39. The zero-order valence-corrected chi connectivity index (χ0v) is 16.9. The first-order chi connectivity index (χ1) is 13.4. The highest BCUT2D eigenvalue weighted by Gasteiger charge is 2.41. The summed E-state index contributed by atoms with van der Waals surface area (Å²) < 4.78 is 1.02. The molecule has 0 saturated heterocycles. The SMILES string of the molecule is CC(C(=O)NCc1nc2ccccc2s1)N1C(=O)c2cc(Cl)c(Cl)cc2C1=O. The quantitative estimate of drug-likeness (QED) is 0.632. The fourth-order valence-corrected chi connectivity index (χ4v) is 4.26. The van der Waals surface area contributed by atoms with Crippen LogP contribution in [0.3, 0.4) is 0 Å². The molecule has 0 saturated carbocycles. The Bertz CT molecular complexity index is 1070. The summed E-state index contributed by atoms with van der Waals surface area (Å²) >= 11 is 13.4. The number of para-hydroxylation sites is 1. The maximum Gasteiger partial charge on any atom is 0.262 e. The summed E-state index contributed by atoms with van der Waals surface area (Å²) in [7, 11) is 0. The third-order valence-corrected chi connectivity index (χ3v) is 6.24. The molecule has 0 bridgehead atoms. The van der Waals surface area contributed by atoms with Crippen molar-refractivity contribution in [3.8, 4) is 0 Å². The predicted molar refractivity (Wildman–Crippen MR) is 108 cm³/mol. The van der Waals surface area contributed by atoms with Crippen LogP contribution in [0.4, 0.5) is 0 Å². The molecule has 1 aromatic heterocycles. The number of imide groups is 1. The van der Waals surface area contributed by atoms with E-state index in [1.165, 1.54) is 30.4 Å². The van der Waals surface area contributed by atoms with E-state index in [-0.39, 0.29) is 27.7 Å². The van der Waals surface area contributed by atoms with Crippen LogP contribution in [0.2, 0.25) is 10.0 Å². The molecule has 3 amide bonds. The molecule has 2 heterocycles. The molecular weight excluding hydrogens is 421 g/mol. The van der Waals surface area contributed by atoms with Crippen LogP contribution in [0.5, 0.6) is 0 Å². The third-order valence-electron chi connectivity index (χ3n) is 4.48. The van der Waals surface area contributed by atoms with Crippen LogP contribution in [0.15, 0.2) is 36.4 Å². The van der Waals surface area contributed by atoms with Gasteiger partial charge in [0.05, 0.1) is 37.9 Å². The van der Waals surface area contributed by atoms with Gasteiger partial charge in [0.25, 0.3) is 11.8 Å². The second-order valence-electron chi connectivity index (χ2n) is 6.26. The first-order valence-electron chi connectivity index (χ1n) is 8.36. The number of nitrogens with zero attached hydrogens (tertiary/aromatic N) is 2. The van der Waals surface area contributed by atoms with Crippen LogP contribution in [0.25, 0.3) is 10.2 Å². The van der Waals surface area contributed by atoms with Crippen LogP contribution in [-0.4, -0.2) is 33.6 Å². The molecule has 0 radical (unpaired) electrons. The van der Waals surface area contributed by atoms with Crippen molar-refractivity contribution in [2.24, 2.45) is 0 Å². The molecule has 142 valence electrons. The Morgan fingerprint density at radius 1 is 1.14 bits per heavy atom. The summed E-state index contributed by atoms with van der Waals surface area (Å²) in [4.78, 5) is 43.2. The minimum atomic E-state index is -0.987. The van der Waals surface area contributed by atoms with Gasteiger partial charge in [0.15, 0.2) is 0 Å². The molecule has 4 rings (SSSR count). The third kappa shape index (κ3) is 3.15. The van der Waals surface area contributed by atoms with E-state index in [4.69, 9.17) is 23.2 Å². The number of hydrogen-bond acceptors (Lipinski definition) is 5. The van der Waals surface area contributed by atoms with Gasteiger partial charge in [-0.05, 0) is 31.2 Å². The van der Waals surface area contributed by atoms with Crippen LogP contribution in [0, 0.1) is 0 Å². The molecule has 0 aliphatic carbocycles. The normalized spacial score (nSPS) is 14.5. The largest absolute Gasteiger partial charge is 0.348 e. The molecule has 1 unspecified atom stereocenters. The minimum Gasteiger partial charge on any atom is -0.348 e. The fourth-order valence-electron chi connectivity index (χ4n) is 3.03. The number of aromatic nitrogens is 1. The lowest BCUT2D eigenvalue weighted by Crippen LogP contribution is -2.47. The summed E-state index contributed by atoms with van der Waals surface area (Å²) in [5, 5.41) is 3.83. The van der Waals surface area contributed by atoms with Crippen LogP contribution in [0.1, 0.15) is 32.6 Å². The van der Waals surface area contributed by atoms with Crippen LogP contribution < -0.4 is 5.32 Å². The highest BCUT2D eigenvalue weighted by molar-refractivity contribution is 7.18. The molecule has 0 fully saturated rings. The Hall–Kier alpha value is -2.48. The van der Waals surface area contributed by atoms with E-state index in [0.29, 0.717) is 0 Å². The number of fused-ring (bicyclic) bond motifs is 2. The van der Waals surface area contributed by atoms with Gasteiger partial charge in [-0.25, -0.2) is 4.98 Å². The summed E-state index contributed by atoms with van der Waals surface area (Å²) in [5.41, 5.74) is 1.15. The second kappa shape index (κ2) is 7.16. The van der Waals surface area contributed by atoms with Crippen molar-refractivity contribution in [3.63, 3.8) is 0 Å². The smallest absolute Gasteiger partial charge is 0.262 e. The van der Waals surface area contributed by atoms with Gasteiger partial charge in [-0.2, -0.15) is 0 Å². The summed E-state index contributed by atoms with van der Waals surface area (Å²) in [5.74, 6) is -1.59. The number of thiazole rings is 1. The van der Waals surface area contributed by atoms with Crippen molar-refractivity contribution in [3.05, 3.63) is 62.6 Å². The van der Waals surface area contributed by atoms with E-state index in [1.807, 2.05) is 24.3 Å². The highest BCUT2D eigenvalue weighted by atomic mass is 35.5. The number of carbonyl (C=O) groups excluding carboxylic acids is 3. The van der Waals surface area contributed by atoms with Gasteiger partial charge < -0.3 is 5.32 Å². The van der Waals surface area contributed by atoms with Crippen molar-refractivity contribution in [1.29, 1.82) is 0 Å². The number of benzene rings is 2. The van der Waals surface area contributed by atoms with Crippen molar-refractivity contribution >= 4 is 62.5 Å². The predicted octanol–water partition coefficient (Wildman–Crippen LogP) is 3.90. The van der Waals surface area contributed by atoms with Crippen molar-refractivity contribution in [2.75, 3.05) is 0 Å². The van der Waals surface area contributed by atoms with Gasteiger partial charge in [0.2, 0.25) is 5.91 Å². The number of rotatable bonds is 4. The Morgan fingerprint density at radius 2 is 1.75 bits per heavy atom. The zero-order chi connectivity index (χ0) is 20.0. The lowest BCUT2D eigenvalue weighted by atomic mass is 10.1. The Balaban J connectivity index is 1.49. The molecule has 1 aliphatic heterocycles. The van der Waals surface area contributed by atoms with Gasteiger partial charge in [0.1, 0.15) is 11.0 Å². The Kier molecular flexibility index (Phi) is 4.82. The summed E-state index contributed by atoms with van der Waals surface area (Å²) in [6.45, 7) is 1.71. The van der Waals surface area contributed by atoms with Gasteiger partial charge in [-0.15, -0.1) is 11.3 Å². The number of nitrogens with one attached hydrogen (secondary N) is 1. The molecule has 9 heteroatoms. The Labute approximate surface area is 174 Å². The van der Waals surface area contributed by atoms with E-state index >= 15 is 0 Å². The van der Waals surface area contributed by atoms with E-state index in [1.54, 1.807) is 0 Å². The van der Waals surface area contributed by atoms with Gasteiger partial charge in [-0.1, -0.05) is 35.3 Å². The molecule has 6 nitrogen and oxygen atoms in total. The van der Waals surface area contributed by atoms with Gasteiger partial charge >= 0.3 is 0 Å². The van der Waals surface area contributed by atoms with Gasteiger partial charge in [-0.3, -0.25) is 19.3 Å². The van der Waals surface area contributed by atoms with Crippen molar-refractivity contribution in [2.45, 2.75) is 19.5 Å². The molecule has 3 aromatic rings. The lowest BCUT2D eigenvalue weighted by molar-refractivity contribution is -0.124. The molecule has 1 atom stereocenters. The fraction of sp³-hybridized carbons (Fsp3) is 0.158. The monoisotopic (exact) mass is 433 g/mol. The molecule has 2 aromatic carbocycles. The van der Waals surface area contributed by atoms with E-state index in [0.717, 1.165) is 20.1 Å². The highest BCUT2D eigenvalue weighted by Crippen LogP contribution is 2.32. The number of carbonyl (C=O) groups is 3. The van der Waals surface area contributed by atoms with Crippen LogP contribution in [-0.2, 0) is 11.3 Å². The molecule has 0 spiro atoms. The number of halogens is 2. The maximum atomic E-state index is 12.6. The van der Waals surface area contributed by atoms with Gasteiger partial charge in [0, 0.05) is 0 Å². The zero-order valence-electron chi connectivity index (χ0n) is 14.5.